The molecule has 0 saturated heterocycles. The van der Waals surface area contributed by atoms with Gasteiger partial charge in [0.15, 0.2) is 11.4 Å². The molecule has 6 nitrogen and oxygen atoms in total. The summed E-state index contributed by atoms with van der Waals surface area (Å²) in [6, 6.07) is 12.7. The Hall–Kier alpha value is -1.99. The van der Waals surface area contributed by atoms with Gasteiger partial charge in [-0.2, -0.15) is 13.7 Å². The number of nitrogens with zero attached hydrogens (tertiary/aromatic N) is 2. The predicted octanol–water partition coefficient (Wildman–Crippen LogP) is 4.80. The van der Waals surface area contributed by atoms with Crippen LogP contribution in [0.5, 0.6) is 0 Å². The van der Waals surface area contributed by atoms with Gasteiger partial charge in [-0.3, -0.25) is 9.87 Å². The van der Waals surface area contributed by atoms with Crippen LogP contribution in [0, 0.1) is 11.5 Å². The molecule has 0 aliphatic heterocycles. The number of aliphatic imine (C=N–C) groups is 1. The fraction of sp³-hybridized carbons (Fsp3) is 0.263. The fourth-order valence-corrected chi connectivity index (χ4v) is 4.22. The second-order valence-corrected chi connectivity index (χ2v) is 10.2. The molecule has 0 heterocycles. The number of rotatable bonds is 4. The maximum Gasteiger partial charge on any atom is 0.296 e. The van der Waals surface area contributed by atoms with Gasteiger partial charge in [0.1, 0.15) is 4.90 Å². The van der Waals surface area contributed by atoms with Gasteiger partial charge in [0.2, 0.25) is 0 Å². The standard InChI is InChI=1S/C19H21N3O3S3/c1-19(2,3)13-5-7-14(8-6-13)27-15-9-10-16(17(11-15)28(23,24)25)22-18(26-4)21-12-20/h5-11H,1-4H3,(H,21,22)(H,23,24,25). The Kier molecular flexibility index (Phi) is 7.17. The highest BCUT2D eigenvalue weighted by Gasteiger charge is 2.18. The van der Waals surface area contributed by atoms with E-state index in [4.69, 9.17) is 5.26 Å². The normalized spacial score (nSPS) is 12.5. The second-order valence-electron chi connectivity index (χ2n) is 6.84. The van der Waals surface area contributed by atoms with Gasteiger partial charge in [-0.15, -0.1) is 0 Å². The van der Waals surface area contributed by atoms with Crippen LogP contribution < -0.4 is 5.32 Å². The van der Waals surface area contributed by atoms with Gasteiger partial charge in [0.25, 0.3) is 10.1 Å². The molecule has 0 fully saturated rings. The molecular formula is C19H21N3O3S3. The average Bonchev–Trinajstić information content (AvgIpc) is 2.61. The third kappa shape index (κ3) is 6.01. The highest BCUT2D eigenvalue weighted by atomic mass is 32.2. The number of hydrogen-bond acceptors (Lipinski definition) is 6. The first-order chi connectivity index (χ1) is 13.0. The number of thioether (sulfide) groups is 1. The molecule has 2 rings (SSSR count). The predicted molar refractivity (Wildman–Crippen MR) is 115 cm³/mol. The van der Waals surface area contributed by atoms with Crippen LogP contribution in [0.25, 0.3) is 0 Å². The van der Waals surface area contributed by atoms with Crippen molar-refractivity contribution in [3.63, 3.8) is 0 Å². The van der Waals surface area contributed by atoms with Crippen LogP contribution >= 0.6 is 23.5 Å². The quantitative estimate of drug-likeness (QED) is 0.234. The molecule has 148 valence electrons. The monoisotopic (exact) mass is 435 g/mol. The van der Waals surface area contributed by atoms with Gasteiger partial charge in [0, 0.05) is 9.79 Å². The fourth-order valence-electron chi connectivity index (χ4n) is 2.30. The van der Waals surface area contributed by atoms with Gasteiger partial charge in [-0.1, -0.05) is 56.4 Å². The van der Waals surface area contributed by atoms with Crippen molar-refractivity contribution in [1.82, 2.24) is 5.32 Å². The van der Waals surface area contributed by atoms with Crippen molar-refractivity contribution in [3.05, 3.63) is 48.0 Å². The van der Waals surface area contributed by atoms with E-state index in [1.807, 2.05) is 24.3 Å². The van der Waals surface area contributed by atoms with Crippen LogP contribution in [0.2, 0.25) is 0 Å². The first kappa shape index (κ1) is 22.3. The van der Waals surface area contributed by atoms with Gasteiger partial charge < -0.3 is 0 Å². The zero-order chi connectivity index (χ0) is 20.9. The largest absolute Gasteiger partial charge is 0.296 e. The Morgan fingerprint density at radius 3 is 2.25 bits per heavy atom. The van der Waals surface area contributed by atoms with E-state index in [0.717, 1.165) is 16.7 Å². The average molecular weight is 436 g/mol. The maximum atomic E-state index is 11.8. The minimum absolute atomic E-state index is 0.0491. The highest BCUT2D eigenvalue weighted by molar-refractivity contribution is 8.13. The minimum atomic E-state index is -4.48. The lowest BCUT2D eigenvalue weighted by molar-refractivity contribution is 0.483. The summed E-state index contributed by atoms with van der Waals surface area (Å²) < 4.78 is 33.3. The van der Waals surface area contributed by atoms with Gasteiger partial charge in [-0.05, 0) is 47.6 Å². The van der Waals surface area contributed by atoms with Gasteiger partial charge in [-0.25, -0.2) is 4.99 Å². The number of nitriles is 1. The smallest absolute Gasteiger partial charge is 0.282 e. The molecule has 0 atom stereocenters. The zero-order valence-electron chi connectivity index (χ0n) is 15.9. The highest BCUT2D eigenvalue weighted by Crippen LogP contribution is 2.35. The van der Waals surface area contributed by atoms with Crippen LogP contribution in [0.1, 0.15) is 26.3 Å². The topological polar surface area (TPSA) is 103 Å². The first-order valence-electron chi connectivity index (χ1n) is 8.22. The molecule has 0 amide bonds. The number of benzene rings is 2. The Balaban J connectivity index is 2.39. The third-order valence-electron chi connectivity index (χ3n) is 3.74. The van der Waals surface area contributed by atoms with Crippen molar-refractivity contribution < 1.29 is 13.0 Å². The van der Waals surface area contributed by atoms with E-state index in [1.165, 1.54) is 29.5 Å². The van der Waals surface area contributed by atoms with E-state index in [2.05, 4.69) is 31.1 Å². The molecule has 0 spiro atoms. The molecule has 9 heteroatoms. The SMILES string of the molecule is CSC(=Nc1ccc(Sc2ccc(C(C)(C)C)cc2)cc1S(=O)(=O)O)NC#N. The van der Waals surface area contributed by atoms with E-state index in [1.54, 1.807) is 18.5 Å². The van der Waals surface area contributed by atoms with Crippen molar-refractivity contribution >= 4 is 44.5 Å². The Bertz CT molecular complexity index is 1020. The van der Waals surface area contributed by atoms with Crippen molar-refractivity contribution in [2.75, 3.05) is 6.26 Å². The molecular weight excluding hydrogens is 414 g/mol. The van der Waals surface area contributed by atoms with E-state index >= 15 is 0 Å². The molecule has 0 unspecified atom stereocenters. The zero-order valence-corrected chi connectivity index (χ0v) is 18.4. The molecule has 0 bridgehead atoms. The Morgan fingerprint density at radius 2 is 1.75 bits per heavy atom. The summed E-state index contributed by atoms with van der Waals surface area (Å²) in [5, 5.41) is 11.3. The lowest BCUT2D eigenvalue weighted by atomic mass is 9.87. The van der Waals surface area contributed by atoms with Crippen LogP contribution in [-0.2, 0) is 15.5 Å². The van der Waals surface area contributed by atoms with Crippen molar-refractivity contribution in [2.45, 2.75) is 40.9 Å². The molecule has 0 saturated carbocycles. The van der Waals surface area contributed by atoms with Gasteiger partial charge >= 0.3 is 0 Å². The van der Waals surface area contributed by atoms with Crippen molar-refractivity contribution in [3.8, 4) is 6.19 Å². The summed E-state index contributed by atoms with van der Waals surface area (Å²) in [4.78, 5) is 5.40. The summed E-state index contributed by atoms with van der Waals surface area (Å²) in [6.45, 7) is 6.41. The minimum Gasteiger partial charge on any atom is -0.282 e. The summed E-state index contributed by atoms with van der Waals surface area (Å²) in [5.74, 6) is 0. The molecule has 0 radical (unpaired) electrons. The van der Waals surface area contributed by atoms with E-state index in [9.17, 15) is 13.0 Å². The Labute approximate surface area is 174 Å². The molecule has 2 aromatic rings. The Morgan fingerprint density at radius 1 is 1.14 bits per heavy atom. The molecule has 28 heavy (non-hydrogen) atoms. The second kappa shape index (κ2) is 9.01. The van der Waals surface area contributed by atoms with Crippen LogP contribution in [-0.4, -0.2) is 24.4 Å². The van der Waals surface area contributed by atoms with E-state index in [-0.39, 0.29) is 21.2 Å². The van der Waals surface area contributed by atoms with Crippen LogP contribution in [0.4, 0.5) is 5.69 Å². The molecule has 2 aromatic carbocycles. The van der Waals surface area contributed by atoms with Crippen molar-refractivity contribution in [2.24, 2.45) is 4.99 Å². The third-order valence-corrected chi connectivity index (χ3v) is 6.20. The summed E-state index contributed by atoms with van der Waals surface area (Å²) in [6.07, 6.45) is 3.43. The maximum absolute atomic E-state index is 11.8. The molecule has 0 aliphatic rings. The first-order valence-corrected chi connectivity index (χ1v) is 11.7. The molecule has 0 aromatic heterocycles. The number of amidine groups is 1. The summed E-state index contributed by atoms with van der Waals surface area (Å²) in [5.41, 5.74) is 1.31. The van der Waals surface area contributed by atoms with Crippen LogP contribution in [0.3, 0.4) is 0 Å². The molecule has 2 N–H and O–H groups in total. The summed E-state index contributed by atoms with van der Waals surface area (Å²) >= 11 is 2.54. The van der Waals surface area contributed by atoms with E-state index in [0.29, 0.717) is 4.90 Å². The lowest BCUT2D eigenvalue weighted by Crippen LogP contribution is -2.12. The summed E-state index contributed by atoms with van der Waals surface area (Å²) in [7, 11) is -4.48. The van der Waals surface area contributed by atoms with Crippen LogP contribution in [0.15, 0.2) is 62.1 Å². The molecule has 0 aliphatic carbocycles. The van der Waals surface area contributed by atoms with E-state index < -0.39 is 10.1 Å². The lowest BCUT2D eigenvalue weighted by Gasteiger charge is -2.19. The number of hydrogen-bond donors (Lipinski definition) is 2. The van der Waals surface area contributed by atoms with Crippen molar-refractivity contribution in [1.29, 1.82) is 5.26 Å². The number of nitrogens with one attached hydrogen (secondary N) is 1. The van der Waals surface area contributed by atoms with Gasteiger partial charge in [0.05, 0.1) is 5.69 Å².